The summed E-state index contributed by atoms with van der Waals surface area (Å²) in [7, 11) is 1.49. The molecular formula is C17H17N7O4. The van der Waals surface area contributed by atoms with Crippen molar-refractivity contribution >= 4 is 29.0 Å². The Morgan fingerprint density at radius 2 is 2.21 bits per heavy atom. The van der Waals surface area contributed by atoms with Crippen molar-refractivity contribution in [2.45, 2.75) is 13.5 Å². The molecule has 0 aliphatic rings. The number of hydrogen-bond donors (Lipinski definition) is 2. The van der Waals surface area contributed by atoms with Crippen LogP contribution < -0.4 is 16.7 Å². The number of fused-ring (bicyclic) bond motifs is 1. The van der Waals surface area contributed by atoms with Gasteiger partial charge in [0.1, 0.15) is 0 Å². The number of nitrogens with zero attached hydrogens (tertiary/aromatic N) is 5. The van der Waals surface area contributed by atoms with Gasteiger partial charge in [0.25, 0.3) is 11.2 Å². The number of rotatable bonds is 6. The molecule has 0 aliphatic carbocycles. The molecule has 0 bridgehead atoms. The molecule has 0 unspecified atom stereocenters. The quantitative estimate of drug-likeness (QED) is 0.285. The zero-order valence-electron chi connectivity index (χ0n) is 15.2. The van der Waals surface area contributed by atoms with Crippen LogP contribution in [0.3, 0.4) is 0 Å². The van der Waals surface area contributed by atoms with Crippen LogP contribution in [0.4, 0.5) is 11.6 Å². The summed E-state index contributed by atoms with van der Waals surface area (Å²) in [6.45, 7) is 5.92. The van der Waals surface area contributed by atoms with Crippen LogP contribution in [0.1, 0.15) is 12.5 Å². The number of imidazole rings is 1. The highest BCUT2D eigenvalue weighted by molar-refractivity contribution is 5.81. The maximum atomic E-state index is 12.3. The molecule has 11 heteroatoms. The summed E-state index contributed by atoms with van der Waals surface area (Å²) >= 11 is 0. The highest BCUT2D eigenvalue weighted by atomic mass is 16.6. The number of nitro groups is 1. The van der Waals surface area contributed by atoms with E-state index in [0.717, 1.165) is 5.57 Å². The third-order valence-electron chi connectivity index (χ3n) is 3.89. The molecule has 144 valence electrons. The molecule has 0 saturated carbocycles. The van der Waals surface area contributed by atoms with Gasteiger partial charge in [0.2, 0.25) is 5.95 Å². The highest BCUT2D eigenvalue weighted by Crippen LogP contribution is 2.17. The Balaban J connectivity index is 2.02. The number of allylic oxidation sites excluding steroid dienone is 1. The number of aryl methyl sites for hydroxylation is 1. The van der Waals surface area contributed by atoms with E-state index in [1.165, 1.54) is 30.0 Å². The van der Waals surface area contributed by atoms with E-state index in [1.807, 2.05) is 0 Å². The number of hydrazone groups is 1. The molecule has 3 rings (SSSR count). The van der Waals surface area contributed by atoms with E-state index in [4.69, 9.17) is 0 Å². The van der Waals surface area contributed by atoms with Gasteiger partial charge in [-0.1, -0.05) is 24.3 Å². The van der Waals surface area contributed by atoms with Gasteiger partial charge in [0.15, 0.2) is 11.2 Å². The van der Waals surface area contributed by atoms with Gasteiger partial charge in [0.05, 0.1) is 11.1 Å². The Hall–Kier alpha value is -4.02. The lowest BCUT2D eigenvalue weighted by Crippen LogP contribution is -2.29. The fraction of sp³-hybridized carbons (Fsp3) is 0.176. The van der Waals surface area contributed by atoms with Gasteiger partial charge >= 0.3 is 5.69 Å². The van der Waals surface area contributed by atoms with Crippen LogP contribution in [-0.4, -0.2) is 30.2 Å². The minimum atomic E-state index is -0.580. The number of aromatic amines is 1. The van der Waals surface area contributed by atoms with E-state index in [9.17, 15) is 19.7 Å². The molecule has 0 atom stereocenters. The first kappa shape index (κ1) is 18.8. The molecule has 1 aromatic carbocycles. The van der Waals surface area contributed by atoms with E-state index in [1.54, 1.807) is 23.6 Å². The predicted molar refractivity (Wildman–Crippen MR) is 105 cm³/mol. The number of hydrogen-bond acceptors (Lipinski definition) is 7. The summed E-state index contributed by atoms with van der Waals surface area (Å²) in [6, 6.07) is 5.95. The molecule has 0 fully saturated rings. The van der Waals surface area contributed by atoms with E-state index in [-0.39, 0.29) is 29.3 Å². The van der Waals surface area contributed by atoms with Gasteiger partial charge in [0, 0.05) is 31.3 Å². The van der Waals surface area contributed by atoms with Crippen molar-refractivity contribution < 1.29 is 4.92 Å². The van der Waals surface area contributed by atoms with E-state index in [2.05, 4.69) is 27.1 Å². The SMILES string of the molecule is C=C(C)Cn1c(N/N=C\c2cccc([N+](=O)[O-])c2)nc2c1c(=O)[nH]c(=O)n2C. The van der Waals surface area contributed by atoms with Gasteiger partial charge < -0.3 is 0 Å². The molecule has 0 saturated heterocycles. The molecule has 3 aromatic rings. The number of non-ortho nitro benzene ring substituents is 1. The summed E-state index contributed by atoms with van der Waals surface area (Å²) in [5.74, 6) is 0.228. The Labute approximate surface area is 157 Å². The minimum Gasteiger partial charge on any atom is -0.299 e. The lowest BCUT2D eigenvalue weighted by Gasteiger charge is -2.07. The maximum Gasteiger partial charge on any atom is 0.329 e. The Morgan fingerprint density at radius 3 is 2.89 bits per heavy atom. The first-order valence-electron chi connectivity index (χ1n) is 8.15. The Kier molecular flexibility index (Phi) is 4.90. The van der Waals surface area contributed by atoms with Crippen LogP contribution in [0, 0.1) is 10.1 Å². The lowest BCUT2D eigenvalue weighted by molar-refractivity contribution is -0.384. The van der Waals surface area contributed by atoms with Crippen molar-refractivity contribution in [3.05, 3.63) is 72.9 Å². The molecule has 0 aliphatic heterocycles. The Bertz CT molecular complexity index is 1230. The Morgan fingerprint density at radius 1 is 1.46 bits per heavy atom. The molecule has 11 nitrogen and oxygen atoms in total. The summed E-state index contributed by atoms with van der Waals surface area (Å²) in [5, 5.41) is 14.9. The fourth-order valence-corrected chi connectivity index (χ4v) is 2.63. The standard InChI is InChI=1S/C17H17N7O4/c1-10(2)9-23-13-14(22(3)17(26)20-15(13)25)19-16(23)21-18-8-11-5-4-6-12(7-11)24(27)28/h4-8H,1,9H2,2-3H3,(H,19,21)(H,20,25,26)/b18-8-. The highest BCUT2D eigenvalue weighted by Gasteiger charge is 2.17. The van der Waals surface area contributed by atoms with Crippen LogP contribution >= 0.6 is 0 Å². The van der Waals surface area contributed by atoms with E-state index >= 15 is 0 Å². The van der Waals surface area contributed by atoms with Crippen LogP contribution in [-0.2, 0) is 13.6 Å². The average Bonchev–Trinajstić information content (AvgIpc) is 2.98. The first-order valence-corrected chi connectivity index (χ1v) is 8.15. The van der Waals surface area contributed by atoms with Crippen molar-refractivity contribution in [3.63, 3.8) is 0 Å². The van der Waals surface area contributed by atoms with E-state index in [0.29, 0.717) is 5.56 Å². The van der Waals surface area contributed by atoms with E-state index < -0.39 is 16.2 Å². The summed E-state index contributed by atoms with van der Waals surface area (Å²) in [4.78, 5) is 41.0. The summed E-state index contributed by atoms with van der Waals surface area (Å²) in [6.07, 6.45) is 1.39. The first-order chi connectivity index (χ1) is 13.3. The lowest BCUT2D eigenvalue weighted by atomic mass is 10.2. The van der Waals surface area contributed by atoms with Crippen molar-refractivity contribution in [3.8, 4) is 0 Å². The molecule has 0 spiro atoms. The molecule has 0 radical (unpaired) electrons. The molecular weight excluding hydrogens is 366 g/mol. The fourth-order valence-electron chi connectivity index (χ4n) is 2.63. The number of anilines is 1. The molecule has 28 heavy (non-hydrogen) atoms. The number of aromatic nitrogens is 4. The zero-order valence-corrected chi connectivity index (χ0v) is 15.2. The summed E-state index contributed by atoms with van der Waals surface area (Å²) < 4.78 is 2.78. The second kappa shape index (κ2) is 7.31. The minimum absolute atomic E-state index is 0.0556. The topological polar surface area (TPSA) is 140 Å². The number of H-pyrrole nitrogens is 1. The second-order valence-corrected chi connectivity index (χ2v) is 6.19. The van der Waals surface area contributed by atoms with Crippen molar-refractivity contribution in [2.75, 3.05) is 5.43 Å². The van der Waals surface area contributed by atoms with Gasteiger partial charge in [-0.2, -0.15) is 10.1 Å². The van der Waals surface area contributed by atoms with Gasteiger partial charge in [-0.15, -0.1) is 0 Å². The van der Waals surface area contributed by atoms with Crippen molar-refractivity contribution in [2.24, 2.45) is 12.1 Å². The largest absolute Gasteiger partial charge is 0.329 e. The van der Waals surface area contributed by atoms with Crippen molar-refractivity contribution in [1.29, 1.82) is 0 Å². The monoisotopic (exact) mass is 383 g/mol. The van der Waals surface area contributed by atoms with Crippen LogP contribution in [0.5, 0.6) is 0 Å². The third kappa shape index (κ3) is 3.58. The van der Waals surface area contributed by atoms with Crippen LogP contribution in [0.15, 0.2) is 51.1 Å². The van der Waals surface area contributed by atoms with Crippen molar-refractivity contribution in [1.82, 2.24) is 19.1 Å². The van der Waals surface area contributed by atoms with Gasteiger partial charge in [-0.05, 0) is 6.92 Å². The maximum absolute atomic E-state index is 12.3. The molecule has 2 heterocycles. The van der Waals surface area contributed by atoms with Crippen LogP contribution in [0.2, 0.25) is 0 Å². The summed E-state index contributed by atoms with van der Waals surface area (Å²) in [5.41, 5.74) is 3.19. The average molecular weight is 383 g/mol. The second-order valence-electron chi connectivity index (χ2n) is 6.19. The molecule has 0 amide bonds. The number of nitro benzene ring substituents is 1. The number of benzene rings is 1. The normalized spacial score (nSPS) is 11.2. The van der Waals surface area contributed by atoms with Gasteiger partial charge in [-0.3, -0.25) is 29.0 Å². The third-order valence-corrected chi connectivity index (χ3v) is 3.89. The molecule has 2 aromatic heterocycles. The van der Waals surface area contributed by atoms with Gasteiger partial charge in [-0.25, -0.2) is 10.2 Å². The van der Waals surface area contributed by atoms with Crippen LogP contribution in [0.25, 0.3) is 11.2 Å². The smallest absolute Gasteiger partial charge is 0.299 e. The predicted octanol–water partition coefficient (Wildman–Crippen LogP) is 1.35. The number of nitrogens with one attached hydrogen (secondary N) is 2. The molecule has 2 N–H and O–H groups in total. The zero-order chi connectivity index (χ0) is 20.4.